The highest BCUT2D eigenvalue weighted by molar-refractivity contribution is 7.80. The van der Waals surface area contributed by atoms with Crippen molar-refractivity contribution in [1.82, 2.24) is 10.2 Å². The van der Waals surface area contributed by atoms with Gasteiger partial charge in [0.05, 0.1) is 19.8 Å². The third kappa shape index (κ3) is 5.84. The Labute approximate surface area is 152 Å². The number of morpholine rings is 1. The number of carbonyl (C=O) groups excluding carboxylic acids is 2. The van der Waals surface area contributed by atoms with Crippen LogP contribution < -0.4 is 10.6 Å². The Morgan fingerprint density at radius 3 is 2.60 bits per heavy atom. The molecule has 1 heterocycles. The topological polar surface area (TPSA) is 79.9 Å². The van der Waals surface area contributed by atoms with Crippen LogP contribution in [0.5, 0.6) is 0 Å². The first-order valence-corrected chi connectivity index (χ1v) is 8.39. The molecule has 1 aliphatic rings. The number of carbonyl (C=O) groups is 2. The molecule has 1 aromatic rings. The van der Waals surface area contributed by atoms with Crippen LogP contribution in [0.25, 0.3) is 0 Å². The van der Waals surface area contributed by atoms with E-state index in [9.17, 15) is 9.59 Å². The van der Waals surface area contributed by atoms with E-state index in [-0.39, 0.29) is 17.3 Å². The molecule has 134 valence electrons. The van der Waals surface area contributed by atoms with Crippen molar-refractivity contribution >= 4 is 34.9 Å². The molecule has 2 N–H and O–H groups in total. The van der Waals surface area contributed by atoms with Crippen LogP contribution in [0.4, 0.5) is 5.69 Å². The molecule has 0 radical (unpaired) electrons. The second-order valence-electron chi connectivity index (χ2n) is 5.15. The van der Waals surface area contributed by atoms with Gasteiger partial charge in [-0.25, -0.2) is 4.79 Å². The van der Waals surface area contributed by atoms with E-state index in [1.807, 2.05) is 30.3 Å². The Hall–Kier alpha value is -2.45. The highest BCUT2D eigenvalue weighted by Gasteiger charge is 2.26. The molecule has 2 rings (SSSR count). The van der Waals surface area contributed by atoms with Crippen molar-refractivity contribution in [3.8, 4) is 0 Å². The van der Waals surface area contributed by atoms with Crippen LogP contribution in [0.1, 0.15) is 6.92 Å². The number of benzene rings is 1. The third-order valence-electron chi connectivity index (χ3n) is 3.40. The Morgan fingerprint density at radius 2 is 1.96 bits per heavy atom. The molecule has 0 aliphatic carbocycles. The number of rotatable bonds is 5. The fraction of sp³-hybridized carbons (Fsp3) is 0.353. The van der Waals surface area contributed by atoms with Crippen LogP contribution in [0, 0.1) is 0 Å². The van der Waals surface area contributed by atoms with E-state index in [0.717, 1.165) is 5.69 Å². The van der Waals surface area contributed by atoms with Crippen LogP contribution >= 0.6 is 12.2 Å². The van der Waals surface area contributed by atoms with Crippen LogP contribution in [0.2, 0.25) is 0 Å². The molecule has 1 aromatic carbocycles. The first-order chi connectivity index (χ1) is 12.1. The SMILES string of the molecule is CCOC(=O)/C(=C/NC(=S)Nc1ccccc1)C(=O)N1CCOCC1. The van der Waals surface area contributed by atoms with E-state index in [0.29, 0.717) is 26.3 Å². The lowest BCUT2D eigenvalue weighted by molar-refractivity contribution is -0.143. The monoisotopic (exact) mass is 363 g/mol. The Morgan fingerprint density at radius 1 is 1.28 bits per heavy atom. The quantitative estimate of drug-likeness (QED) is 0.268. The zero-order valence-electron chi connectivity index (χ0n) is 14.0. The fourth-order valence-corrected chi connectivity index (χ4v) is 2.36. The van der Waals surface area contributed by atoms with Gasteiger partial charge in [-0.3, -0.25) is 4.79 Å². The molecule has 8 heteroatoms. The number of anilines is 1. The van der Waals surface area contributed by atoms with Crippen molar-refractivity contribution in [3.05, 3.63) is 42.1 Å². The van der Waals surface area contributed by atoms with Crippen molar-refractivity contribution in [2.24, 2.45) is 0 Å². The molecular formula is C17H21N3O4S. The van der Waals surface area contributed by atoms with Crippen molar-refractivity contribution in [1.29, 1.82) is 0 Å². The van der Waals surface area contributed by atoms with Crippen LogP contribution in [-0.4, -0.2) is 54.8 Å². The molecule has 0 saturated carbocycles. The van der Waals surface area contributed by atoms with Gasteiger partial charge in [-0.15, -0.1) is 0 Å². The zero-order chi connectivity index (χ0) is 18.1. The summed E-state index contributed by atoms with van der Waals surface area (Å²) in [6, 6.07) is 9.33. The van der Waals surface area contributed by atoms with E-state index in [1.165, 1.54) is 6.20 Å². The minimum atomic E-state index is -0.686. The Bertz CT molecular complexity index is 643. The first-order valence-electron chi connectivity index (χ1n) is 7.98. The zero-order valence-corrected chi connectivity index (χ0v) is 14.8. The minimum absolute atomic E-state index is 0.0963. The Kier molecular flexibility index (Phi) is 7.36. The molecule has 25 heavy (non-hydrogen) atoms. The molecular weight excluding hydrogens is 342 g/mol. The van der Waals surface area contributed by atoms with E-state index >= 15 is 0 Å². The van der Waals surface area contributed by atoms with Gasteiger partial charge in [0, 0.05) is 25.0 Å². The molecule has 1 aliphatic heterocycles. The standard InChI is InChI=1S/C17H21N3O4S/c1-2-24-16(22)14(15(21)20-8-10-23-11-9-20)12-18-17(25)19-13-6-4-3-5-7-13/h3-7,12H,2,8-11H2,1H3,(H2,18,19,25)/b14-12+. The van der Waals surface area contributed by atoms with Gasteiger partial charge in [0.2, 0.25) is 0 Å². The van der Waals surface area contributed by atoms with Gasteiger partial charge in [0.25, 0.3) is 5.91 Å². The van der Waals surface area contributed by atoms with E-state index in [1.54, 1.807) is 11.8 Å². The fourth-order valence-electron chi connectivity index (χ4n) is 2.18. The molecule has 7 nitrogen and oxygen atoms in total. The predicted octanol–water partition coefficient (Wildman–Crippen LogP) is 1.28. The molecule has 0 bridgehead atoms. The highest BCUT2D eigenvalue weighted by Crippen LogP contribution is 2.08. The maximum atomic E-state index is 12.6. The average molecular weight is 363 g/mol. The lowest BCUT2D eigenvalue weighted by Crippen LogP contribution is -2.43. The second-order valence-corrected chi connectivity index (χ2v) is 5.56. The van der Waals surface area contributed by atoms with Gasteiger partial charge in [-0.05, 0) is 31.3 Å². The Balaban J connectivity index is 2.05. The summed E-state index contributed by atoms with van der Waals surface area (Å²) in [4.78, 5) is 26.3. The van der Waals surface area contributed by atoms with Gasteiger partial charge >= 0.3 is 5.97 Å². The van der Waals surface area contributed by atoms with Crippen molar-refractivity contribution < 1.29 is 19.1 Å². The molecule has 1 amide bonds. The summed E-state index contributed by atoms with van der Waals surface area (Å²) in [5.41, 5.74) is 0.701. The number of ether oxygens (including phenoxy) is 2. The van der Waals surface area contributed by atoms with Crippen LogP contribution in [-0.2, 0) is 19.1 Å². The summed E-state index contributed by atoms with van der Waals surface area (Å²) in [6.07, 6.45) is 1.29. The summed E-state index contributed by atoms with van der Waals surface area (Å²) >= 11 is 5.18. The lowest BCUT2D eigenvalue weighted by atomic mass is 10.2. The van der Waals surface area contributed by atoms with Crippen LogP contribution in [0.3, 0.4) is 0 Å². The van der Waals surface area contributed by atoms with Crippen molar-refractivity contribution in [3.63, 3.8) is 0 Å². The number of hydrogen-bond donors (Lipinski definition) is 2. The number of thiocarbonyl (C=S) groups is 1. The van der Waals surface area contributed by atoms with E-state index < -0.39 is 11.9 Å². The van der Waals surface area contributed by atoms with Crippen molar-refractivity contribution in [2.75, 3.05) is 38.2 Å². The number of para-hydroxylation sites is 1. The number of amides is 1. The van der Waals surface area contributed by atoms with Crippen molar-refractivity contribution in [2.45, 2.75) is 6.92 Å². The van der Waals surface area contributed by atoms with E-state index in [2.05, 4.69) is 10.6 Å². The van der Waals surface area contributed by atoms with E-state index in [4.69, 9.17) is 21.7 Å². The lowest BCUT2D eigenvalue weighted by Gasteiger charge is -2.27. The van der Waals surface area contributed by atoms with Crippen LogP contribution in [0.15, 0.2) is 42.1 Å². The maximum absolute atomic E-state index is 12.6. The molecule has 1 fully saturated rings. The number of nitrogens with one attached hydrogen (secondary N) is 2. The third-order valence-corrected chi connectivity index (χ3v) is 3.62. The molecule has 0 atom stereocenters. The summed E-state index contributed by atoms with van der Waals surface area (Å²) < 4.78 is 10.2. The maximum Gasteiger partial charge on any atom is 0.345 e. The summed E-state index contributed by atoms with van der Waals surface area (Å²) in [6.45, 7) is 3.63. The van der Waals surface area contributed by atoms with Gasteiger partial charge in [-0.2, -0.15) is 0 Å². The average Bonchev–Trinajstić information content (AvgIpc) is 2.63. The van der Waals surface area contributed by atoms with Gasteiger partial charge in [0.1, 0.15) is 5.57 Å². The normalized spacial score (nSPS) is 14.6. The number of hydrogen-bond acceptors (Lipinski definition) is 5. The number of esters is 1. The molecule has 1 saturated heterocycles. The smallest absolute Gasteiger partial charge is 0.345 e. The second kappa shape index (κ2) is 9.75. The predicted molar refractivity (Wildman–Crippen MR) is 97.9 cm³/mol. The number of nitrogens with zero attached hydrogens (tertiary/aromatic N) is 1. The van der Waals surface area contributed by atoms with Gasteiger partial charge in [0.15, 0.2) is 5.11 Å². The van der Waals surface area contributed by atoms with Gasteiger partial charge < -0.3 is 25.0 Å². The highest BCUT2D eigenvalue weighted by atomic mass is 32.1. The minimum Gasteiger partial charge on any atom is -0.462 e. The van der Waals surface area contributed by atoms with Gasteiger partial charge in [-0.1, -0.05) is 18.2 Å². The summed E-state index contributed by atoms with van der Waals surface area (Å²) in [5.74, 6) is -1.09. The summed E-state index contributed by atoms with van der Waals surface area (Å²) in [5, 5.41) is 6.00. The molecule has 0 aromatic heterocycles. The first kappa shape index (κ1) is 18.9. The molecule has 0 unspecified atom stereocenters. The summed E-state index contributed by atoms with van der Waals surface area (Å²) in [7, 11) is 0. The largest absolute Gasteiger partial charge is 0.462 e. The molecule has 0 spiro atoms.